The van der Waals surface area contributed by atoms with Crippen molar-refractivity contribution < 1.29 is 14.2 Å². The summed E-state index contributed by atoms with van der Waals surface area (Å²) in [5.74, 6) is 0.267. The Bertz CT molecular complexity index is 884. The Morgan fingerprint density at radius 1 is 1.03 bits per heavy atom. The highest BCUT2D eigenvalue weighted by molar-refractivity contribution is 5.33. The molecule has 2 aromatic rings. The summed E-state index contributed by atoms with van der Waals surface area (Å²) in [7, 11) is 0. The molecule has 32 heavy (non-hydrogen) atoms. The van der Waals surface area contributed by atoms with Crippen LogP contribution in [0.25, 0.3) is 0 Å². The first-order valence-corrected chi connectivity index (χ1v) is 11.6. The molecule has 4 rings (SSSR count). The van der Waals surface area contributed by atoms with E-state index in [0.29, 0.717) is 18.3 Å². The van der Waals surface area contributed by atoms with Crippen molar-refractivity contribution >= 4 is 0 Å². The number of hydrogen-bond donors (Lipinski definition) is 1. The van der Waals surface area contributed by atoms with Crippen LogP contribution in [0.5, 0.6) is 5.75 Å². The summed E-state index contributed by atoms with van der Waals surface area (Å²) < 4.78 is 18.5. The largest absolute Gasteiger partial charge is 0.491 e. The van der Waals surface area contributed by atoms with E-state index in [0.717, 1.165) is 57.4 Å². The van der Waals surface area contributed by atoms with E-state index in [9.17, 15) is 14.8 Å². The molecule has 1 heterocycles. The molecular weight excluding hydrogens is 405 g/mol. The molecule has 0 radical (unpaired) electrons. The molecule has 2 aliphatic rings. The maximum absolute atomic E-state index is 13.0. The van der Waals surface area contributed by atoms with Crippen LogP contribution in [0.4, 0.5) is 4.39 Å². The van der Waals surface area contributed by atoms with Gasteiger partial charge in [0.2, 0.25) is 0 Å². The molecular formula is C26H32FN3O2. The van der Waals surface area contributed by atoms with Crippen molar-refractivity contribution in [1.82, 2.24) is 9.80 Å². The smallest absolute Gasteiger partial charge is 0.123 e. The number of nitrogens with zero attached hydrogens (tertiary/aromatic N) is 3. The Balaban J connectivity index is 1.20. The minimum absolute atomic E-state index is 0.199. The number of halogens is 1. The Hall–Kier alpha value is -2.46. The van der Waals surface area contributed by atoms with Crippen LogP contribution >= 0.6 is 0 Å². The van der Waals surface area contributed by atoms with Gasteiger partial charge in [-0.15, -0.1) is 0 Å². The van der Waals surface area contributed by atoms with Crippen LogP contribution in [0.3, 0.4) is 0 Å². The van der Waals surface area contributed by atoms with Crippen LogP contribution in [0, 0.1) is 17.1 Å². The van der Waals surface area contributed by atoms with Gasteiger partial charge in [-0.2, -0.15) is 5.26 Å². The quantitative estimate of drug-likeness (QED) is 0.717. The lowest BCUT2D eigenvalue weighted by atomic mass is 9.69. The third-order valence-corrected chi connectivity index (χ3v) is 7.00. The Morgan fingerprint density at radius 3 is 2.31 bits per heavy atom. The van der Waals surface area contributed by atoms with Crippen molar-refractivity contribution in [1.29, 1.82) is 5.26 Å². The van der Waals surface area contributed by atoms with Gasteiger partial charge in [-0.05, 0) is 55.5 Å². The SMILES string of the molecule is N#C[C@]1(c2ccccc2)CC[C@H](N2CCN(C[C@H](O)COc3ccc(F)cc3)CC2)CC1. The normalized spacial score (nSPS) is 25.7. The second-order valence-electron chi connectivity index (χ2n) is 9.05. The molecule has 0 amide bonds. The summed E-state index contributed by atoms with van der Waals surface area (Å²) >= 11 is 0. The highest BCUT2D eigenvalue weighted by atomic mass is 19.1. The number of nitriles is 1. The molecule has 0 aromatic heterocycles. The van der Waals surface area contributed by atoms with Gasteiger partial charge in [0.05, 0.1) is 11.5 Å². The molecule has 170 valence electrons. The van der Waals surface area contributed by atoms with Crippen molar-refractivity contribution in [3.63, 3.8) is 0 Å². The molecule has 2 aromatic carbocycles. The highest BCUT2D eigenvalue weighted by Crippen LogP contribution is 2.40. The minimum Gasteiger partial charge on any atom is -0.491 e. The van der Waals surface area contributed by atoms with E-state index in [1.807, 2.05) is 18.2 Å². The van der Waals surface area contributed by atoms with Gasteiger partial charge in [-0.1, -0.05) is 30.3 Å². The summed E-state index contributed by atoms with van der Waals surface area (Å²) in [6, 6.07) is 19.3. The second kappa shape index (κ2) is 10.4. The van der Waals surface area contributed by atoms with E-state index in [-0.39, 0.29) is 17.8 Å². The van der Waals surface area contributed by atoms with Gasteiger partial charge in [0.1, 0.15) is 24.3 Å². The summed E-state index contributed by atoms with van der Waals surface area (Å²) in [5.41, 5.74) is 0.816. The standard InChI is InChI=1S/C26H32FN3O2/c27-22-6-8-25(9-7-22)32-19-24(31)18-29-14-16-30(17-15-29)23-10-12-26(20-28,13-11-23)21-4-2-1-3-5-21/h1-9,23-24,31H,10-19H2/t23-,24-,26-/m0/s1. The number of hydrogen-bond acceptors (Lipinski definition) is 5. The van der Waals surface area contributed by atoms with E-state index in [2.05, 4.69) is 28.0 Å². The van der Waals surface area contributed by atoms with Crippen molar-refractivity contribution in [3.8, 4) is 11.8 Å². The minimum atomic E-state index is -0.580. The molecule has 1 atom stereocenters. The second-order valence-corrected chi connectivity index (χ2v) is 9.05. The van der Waals surface area contributed by atoms with Crippen LogP contribution in [0.15, 0.2) is 54.6 Å². The lowest BCUT2D eigenvalue weighted by Crippen LogP contribution is -2.53. The summed E-state index contributed by atoms with van der Waals surface area (Å²) in [4.78, 5) is 4.84. The number of ether oxygens (including phenoxy) is 1. The summed E-state index contributed by atoms with van der Waals surface area (Å²) in [6.07, 6.45) is 3.35. The zero-order valence-electron chi connectivity index (χ0n) is 18.5. The monoisotopic (exact) mass is 437 g/mol. The fourth-order valence-electron chi connectivity index (χ4n) is 5.07. The van der Waals surface area contributed by atoms with Crippen LogP contribution in [0.2, 0.25) is 0 Å². The molecule has 1 aliphatic heterocycles. The van der Waals surface area contributed by atoms with Crippen molar-refractivity contribution in [3.05, 3.63) is 66.0 Å². The fourth-order valence-corrected chi connectivity index (χ4v) is 5.07. The number of benzene rings is 2. The van der Waals surface area contributed by atoms with Gasteiger partial charge in [0.25, 0.3) is 0 Å². The number of piperazine rings is 1. The molecule has 5 nitrogen and oxygen atoms in total. The first-order valence-electron chi connectivity index (χ1n) is 11.6. The van der Waals surface area contributed by atoms with Gasteiger partial charge < -0.3 is 9.84 Å². The van der Waals surface area contributed by atoms with Gasteiger partial charge >= 0.3 is 0 Å². The third-order valence-electron chi connectivity index (χ3n) is 7.00. The number of aliphatic hydroxyl groups is 1. The first kappa shape index (κ1) is 22.7. The molecule has 1 saturated heterocycles. The maximum Gasteiger partial charge on any atom is 0.123 e. The number of rotatable bonds is 7. The number of β-amino-alcohol motifs (C(OH)–C–C–N with tert-alkyl or cyclic N) is 1. The van der Waals surface area contributed by atoms with Crippen LogP contribution in [-0.4, -0.2) is 66.4 Å². The zero-order chi connectivity index (χ0) is 22.4. The van der Waals surface area contributed by atoms with Gasteiger partial charge in [0.15, 0.2) is 0 Å². The molecule has 0 bridgehead atoms. The van der Waals surface area contributed by atoms with Crippen LogP contribution < -0.4 is 4.74 Å². The predicted molar refractivity (Wildman–Crippen MR) is 122 cm³/mol. The molecule has 0 spiro atoms. The van der Waals surface area contributed by atoms with Crippen molar-refractivity contribution in [2.75, 3.05) is 39.3 Å². The lowest BCUT2D eigenvalue weighted by molar-refractivity contribution is 0.0286. The number of aliphatic hydroxyl groups excluding tert-OH is 1. The average Bonchev–Trinajstić information content (AvgIpc) is 2.85. The van der Waals surface area contributed by atoms with E-state index in [1.54, 1.807) is 12.1 Å². The average molecular weight is 438 g/mol. The van der Waals surface area contributed by atoms with Crippen LogP contribution in [0.1, 0.15) is 31.2 Å². The van der Waals surface area contributed by atoms with E-state index < -0.39 is 6.10 Å². The van der Waals surface area contributed by atoms with Crippen LogP contribution in [-0.2, 0) is 5.41 Å². The third kappa shape index (κ3) is 5.47. The van der Waals surface area contributed by atoms with Gasteiger partial charge in [0, 0.05) is 38.8 Å². The fraction of sp³-hybridized carbons (Fsp3) is 0.500. The Kier molecular flexibility index (Phi) is 7.41. The molecule has 6 heteroatoms. The molecule has 1 aliphatic carbocycles. The predicted octanol–water partition coefficient (Wildman–Crippen LogP) is 3.59. The Labute approximate surface area is 190 Å². The zero-order valence-corrected chi connectivity index (χ0v) is 18.5. The van der Waals surface area contributed by atoms with Crippen molar-refractivity contribution in [2.24, 2.45) is 0 Å². The van der Waals surface area contributed by atoms with E-state index in [4.69, 9.17) is 4.74 Å². The summed E-state index contributed by atoms with van der Waals surface area (Å²) in [5, 5.41) is 20.3. The molecule has 0 unspecified atom stereocenters. The molecule has 2 fully saturated rings. The molecule has 1 saturated carbocycles. The first-order chi connectivity index (χ1) is 15.6. The Morgan fingerprint density at radius 2 is 1.69 bits per heavy atom. The lowest BCUT2D eigenvalue weighted by Gasteiger charge is -2.44. The van der Waals surface area contributed by atoms with E-state index >= 15 is 0 Å². The van der Waals surface area contributed by atoms with E-state index in [1.165, 1.54) is 12.1 Å². The van der Waals surface area contributed by atoms with Gasteiger partial charge in [-0.25, -0.2) is 4.39 Å². The maximum atomic E-state index is 13.0. The molecule has 1 N–H and O–H groups in total. The summed E-state index contributed by atoms with van der Waals surface area (Å²) in [6.45, 7) is 4.59. The topological polar surface area (TPSA) is 59.7 Å². The van der Waals surface area contributed by atoms with Crippen molar-refractivity contribution in [2.45, 2.75) is 43.2 Å². The van der Waals surface area contributed by atoms with Gasteiger partial charge in [-0.3, -0.25) is 9.80 Å². The highest BCUT2D eigenvalue weighted by Gasteiger charge is 2.39.